The summed E-state index contributed by atoms with van der Waals surface area (Å²) in [4.78, 5) is 12.0. The normalized spacial score (nSPS) is 18.4. The Hall–Kier alpha value is -2.63. The minimum Gasteiger partial charge on any atom is -0.378 e. The quantitative estimate of drug-likeness (QED) is 0.898. The molecule has 1 heterocycles. The van der Waals surface area contributed by atoms with Gasteiger partial charge in [0.25, 0.3) is 0 Å². The van der Waals surface area contributed by atoms with Gasteiger partial charge in [0.1, 0.15) is 0 Å². The molecule has 0 amide bonds. The molecule has 0 radical (unpaired) electrons. The smallest absolute Gasteiger partial charge is 0.219 e. The molecule has 0 saturated heterocycles. The van der Waals surface area contributed by atoms with E-state index < -0.39 is 0 Å². The Morgan fingerprint density at radius 2 is 2.10 bits per heavy atom. The fourth-order valence-electron chi connectivity index (χ4n) is 2.68. The number of allylic oxidation sites excluding steroid dienone is 2. The van der Waals surface area contributed by atoms with Gasteiger partial charge < -0.3 is 11.1 Å². The molecule has 6 nitrogen and oxygen atoms in total. The standard InChI is InChI=1S/C15H16N4O2/c1-9-4-2-3-5-13(9)10-6-11(8-12(20)7-10)17-15-14(16)18-21-19-15/h2-5,8,10H,6-7H2,1H3,(H2,16,18)(H,17,19). The Morgan fingerprint density at radius 1 is 1.29 bits per heavy atom. The van der Waals surface area contributed by atoms with Crippen LogP contribution in [0.2, 0.25) is 0 Å². The van der Waals surface area contributed by atoms with Crippen molar-refractivity contribution in [2.45, 2.75) is 25.7 Å². The number of nitrogen functional groups attached to an aromatic ring is 1. The Kier molecular flexibility index (Phi) is 3.43. The lowest BCUT2D eigenvalue weighted by molar-refractivity contribution is -0.115. The molecule has 0 saturated carbocycles. The van der Waals surface area contributed by atoms with Gasteiger partial charge in [0.2, 0.25) is 11.6 Å². The highest BCUT2D eigenvalue weighted by molar-refractivity contribution is 5.92. The SMILES string of the molecule is Cc1ccccc1C1CC(=O)C=C(Nc2nonc2N)C1. The van der Waals surface area contributed by atoms with Gasteiger partial charge in [-0.05, 0) is 40.7 Å². The molecule has 1 atom stereocenters. The van der Waals surface area contributed by atoms with Crippen LogP contribution in [0, 0.1) is 6.92 Å². The summed E-state index contributed by atoms with van der Waals surface area (Å²) in [6, 6.07) is 8.13. The molecule has 0 aliphatic heterocycles. The van der Waals surface area contributed by atoms with E-state index >= 15 is 0 Å². The van der Waals surface area contributed by atoms with E-state index in [-0.39, 0.29) is 17.5 Å². The Bertz CT molecular complexity index is 705. The summed E-state index contributed by atoms with van der Waals surface area (Å²) >= 11 is 0. The van der Waals surface area contributed by atoms with E-state index in [1.165, 1.54) is 11.1 Å². The maximum atomic E-state index is 12.0. The van der Waals surface area contributed by atoms with E-state index in [1.807, 2.05) is 12.1 Å². The number of hydrogen-bond acceptors (Lipinski definition) is 6. The van der Waals surface area contributed by atoms with Crippen molar-refractivity contribution >= 4 is 17.4 Å². The predicted molar refractivity (Wildman–Crippen MR) is 78.6 cm³/mol. The van der Waals surface area contributed by atoms with Crippen molar-refractivity contribution in [2.24, 2.45) is 0 Å². The molecule has 1 aliphatic carbocycles. The Balaban J connectivity index is 1.83. The zero-order valence-electron chi connectivity index (χ0n) is 11.7. The minimum atomic E-state index is 0.0898. The van der Waals surface area contributed by atoms with Crippen LogP contribution in [0.4, 0.5) is 11.6 Å². The maximum Gasteiger partial charge on any atom is 0.219 e. The molecule has 1 aromatic carbocycles. The van der Waals surface area contributed by atoms with Gasteiger partial charge in [-0.1, -0.05) is 24.3 Å². The van der Waals surface area contributed by atoms with Crippen LogP contribution in [-0.2, 0) is 4.79 Å². The Morgan fingerprint density at radius 3 is 2.81 bits per heavy atom. The van der Waals surface area contributed by atoms with Crippen molar-refractivity contribution < 1.29 is 9.42 Å². The maximum absolute atomic E-state index is 12.0. The van der Waals surface area contributed by atoms with E-state index in [2.05, 4.69) is 39.3 Å². The van der Waals surface area contributed by atoms with Crippen LogP contribution in [0.5, 0.6) is 0 Å². The highest BCUT2D eigenvalue weighted by Crippen LogP contribution is 2.33. The van der Waals surface area contributed by atoms with Gasteiger partial charge in [-0.3, -0.25) is 4.79 Å². The molecule has 2 aromatic rings. The third-order valence-electron chi connectivity index (χ3n) is 3.67. The number of aromatic nitrogens is 2. The zero-order valence-corrected chi connectivity index (χ0v) is 11.7. The van der Waals surface area contributed by atoms with Crippen LogP contribution >= 0.6 is 0 Å². The number of anilines is 2. The van der Waals surface area contributed by atoms with Gasteiger partial charge in [0.15, 0.2) is 5.78 Å². The summed E-state index contributed by atoms with van der Waals surface area (Å²) in [6.07, 6.45) is 2.84. The summed E-state index contributed by atoms with van der Waals surface area (Å²) < 4.78 is 4.54. The van der Waals surface area contributed by atoms with Crippen LogP contribution in [0.1, 0.15) is 29.9 Å². The number of ketones is 1. The first kappa shape index (κ1) is 13.4. The first-order chi connectivity index (χ1) is 10.1. The zero-order chi connectivity index (χ0) is 14.8. The van der Waals surface area contributed by atoms with Crippen molar-refractivity contribution in [1.29, 1.82) is 0 Å². The number of carbonyl (C=O) groups is 1. The van der Waals surface area contributed by atoms with Crippen molar-refractivity contribution in [3.8, 4) is 0 Å². The third kappa shape index (κ3) is 2.79. The molecule has 1 aliphatic rings. The predicted octanol–water partition coefficient (Wildman–Crippen LogP) is 2.40. The molecule has 0 bridgehead atoms. The minimum absolute atomic E-state index is 0.0898. The first-order valence-electron chi connectivity index (χ1n) is 6.77. The van der Waals surface area contributed by atoms with Gasteiger partial charge >= 0.3 is 0 Å². The molecule has 0 spiro atoms. The van der Waals surface area contributed by atoms with Crippen molar-refractivity contribution in [1.82, 2.24) is 10.3 Å². The van der Waals surface area contributed by atoms with Gasteiger partial charge in [0, 0.05) is 18.2 Å². The summed E-state index contributed by atoms with van der Waals surface area (Å²) in [5.41, 5.74) is 8.79. The number of nitrogens with zero attached hydrogens (tertiary/aromatic N) is 2. The fraction of sp³-hybridized carbons (Fsp3) is 0.267. The lowest BCUT2D eigenvalue weighted by Crippen LogP contribution is -2.17. The van der Waals surface area contributed by atoms with Crippen molar-refractivity contribution in [3.63, 3.8) is 0 Å². The lowest BCUT2D eigenvalue weighted by Gasteiger charge is -2.24. The van der Waals surface area contributed by atoms with Gasteiger partial charge in [-0.15, -0.1) is 0 Å². The summed E-state index contributed by atoms with van der Waals surface area (Å²) in [5, 5.41) is 10.2. The summed E-state index contributed by atoms with van der Waals surface area (Å²) in [7, 11) is 0. The summed E-state index contributed by atoms with van der Waals surface area (Å²) in [6.45, 7) is 2.06. The van der Waals surface area contributed by atoms with E-state index in [1.54, 1.807) is 6.08 Å². The van der Waals surface area contributed by atoms with E-state index in [0.717, 1.165) is 12.1 Å². The highest BCUT2D eigenvalue weighted by atomic mass is 16.6. The molecule has 3 N–H and O–H groups in total. The molecule has 108 valence electrons. The number of aryl methyl sites for hydroxylation is 1. The molecule has 1 aromatic heterocycles. The van der Waals surface area contributed by atoms with Crippen LogP contribution in [0.3, 0.4) is 0 Å². The number of nitrogens with one attached hydrogen (secondary N) is 1. The molecule has 3 rings (SSSR count). The van der Waals surface area contributed by atoms with Crippen LogP contribution < -0.4 is 11.1 Å². The molecule has 1 unspecified atom stereocenters. The molecule has 0 fully saturated rings. The molecular formula is C15H16N4O2. The second-order valence-electron chi connectivity index (χ2n) is 5.22. The van der Waals surface area contributed by atoms with Gasteiger partial charge in [-0.25, -0.2) is 4.63 Å². The van der Waals surface area contributed by atoms with E-state index in [4.69, 9.17) is 5.73 Å². The summed E-state index contributed by atoms with van der Waals surface area (Å²) in [5.74, 6) is 0.778. The molecular weight excluding hydrogens is 268 g/mol. The average molecular weight is 284 g/mol. The largest absolute Gasteiger partial charge is 0.378 e. The number of benzene rings is 1. The number of carbonyl (C=O) groups excluding carboxylic acids is 1. The number of rotatable bonds is 3. The topological polar surface area (TPSA) is 94.0 Å². The van der Waals surface area contributed by atoms with Crippen LogP contribution in [0.25, 0.3) is 0 Å². The fourth-order valence-corrected chi connectivity index (χ4v) is 2.68. The molecule has 6 heteroatoms. The first-order valence-corrected chi connectivity index (χ1v) is 6.77. The van der Waals surface area contributed by atoms with Gasteiger partial charge in [-0.2, -0.15) is 0 Å². The number of nitrogens with two attached hydrogens (primary N) is 1. The van der Waals surface area contributed by atoms with Crippen molar-refractivity contribution in [2.75, 3.05) is 11.1 Å². The highest BCUT2D eigenvalue weighted by Gasteiger charge is 2.24. The van der Waals surface area contributed by atoms with E-state index in [9.17, 15) is 4.79 Å². The van der Waals surface area contributed by atoms with Gasteiger partial charge in [0.05, 0.1) is 0 Å². The van der Waals surface area contributed by atoms with Crippen LogP contribution in [0.15, 0.2) is 40.7 Å². The Labute approximate surface area is 122 Å². The van der Waals surface area contributed by atoms with Crippen molar-refractivity contribution in [3.05, 3.63) is 47.2 Å². The van der Waals surface area contributed by atoms with E-state index in [0.29, 0.717) is 12.2 Å². The monoisotopic (exact) mass is 284 g/mol. The number of hydrogen-bond donors (Lipinski definition) is 2. The second-order valence-corrected chi connectivity index (χ2v) is 5.22. The average Bonchev–Trinajstić information content (AvgIpc) is 2.84. The van der Waals surface area contributed by atoms with Crippen LogP contribution in [-0.4, -0.2) is 16.1 Å². The molecule has 21 heavy (non-hydrogen) atoms. The lowest BCUT2D eigenvalue weighted by atomic mass is 9.83. The third-order valence-corrected chi connectivity index (χ3v) is 3.67. The second kappa shape index (κ2) is 5.40.